The highest BCUT2D eigenvalue weighted by Crippen LogP contribution is 2.18. The first-order valence-electron chi connectivity index (χ1n) is 7.66. The molecule has 7 nitrogen and oxygen atoms in total. The predicted molar refractivity (Wildman–Crippen MR) is 89.8 cm³/mol. The van der Waals surface area contributed by atoms with E-state index < -0.39 is 0 Å². The van der Waals surface area contributed by atoms with E-state index >= 15 is 0 Å². The van der Waals surface area contributed by atoms with Crippen molar-refractivity contribution in [1.29, 1.82) is 0 Å². The van der Waals surface area contributed by atoms with Crippen molar-refractivity contribution in [3.63, 3.8) is 0 Å². The summed E-state index contributed by atoms with van der Waals surface area (Å²) in [6.07, 6.45) is 1.48. The van der Waals surface area contributed by atoms with Crippen molar-refractivity contribution in [2.24, 2.45) is 5.10 Å². The molecule has 1 aliphatic heterocycles. The molecule has 1 saturated heterocycles. The SMILES string of the molecule is COc1ccc(C(=O)N/N=C\c2ccc(N3CCOCC3)o2)cc1. The first kappa shape index (κ1) is 16.1. The average Bonchev–Trinajstić information content (AvgIpc) is 3.11. The molecule has 1 aliphatic rings. The maximum atomic E-state index is 12.0. The van der Waals surface area contributed by atoms with Gasteiger partial charge in [-0.25, -0.2) is 5.43 Å². The largest absolute Gasteiger partial charge is 0.497 e. The second-order valence-corrected chi connectivity index (χ2v) is 5.20. The van der Waals surface area contributed by atoms with Gasteiger partial charge in [-0.2, -0.15) is 5.10 Å². The van der Waals surface area contributed by atoms with Crippen LogP contribution in [0.25, 0.3) is 0 Å². The number of ether oxygens (including phenoxy) is 2. The van der Waals surface area contributed by atoms with Crippen molar-refractivity contribution in [3.05, 3.63) is 47.7 Å². The summed E-state index contributed by atoms with van der Waals surface area (Å²) in [5, 5.41) is 3.93. The van der Waals surface area contributed by atoms with Crippen LogP contribution in [0.5, 0.6) is 5.75 Å². The lowest BCUT2D eigenvalue weighted by Crippen LogP contribution is -2.35. The molecular weight excluding hydrogens is 310 g/mol. The van der Waals surface area contributed by atoms with E-state index in [0.29, 0.717) is 30.3 Å². The molecule has 0 aliphatic carbocycles. The fraction of sp³-hybridized carbons (Fsp3) is 0.294. The van der Waals surface area contributed by atoms with Gasteiger partial charge in [0.05, 0.1) is 26.5 Å². The molecule has 24 heavy (non-hydrogen) atoms. The van der Waals surface area contributed by atoms with E-state index in [2.05, 4.69) is 15.4 Å². The van der Waals surface area contributed by atoms with Crippen LogP contribution in [0.4, 0.5) is 5.88 Å². The number of carbonyl (C=O) groups excluding carboxylic acids is 1. The minimum absolute atomic E-state index is 0.297. The molecule has 3 rings (SSSR count). The molecule has 7 heteroatoms. The number of nitrogens with zero attached hydrogens (tertiary/aromatic N) is 2. The molecule has 1 aromatic heterocycles. The van der Waals surface area contributed by atoms with E-state index in [1.165, 1.54) is 6.21 Å². The summed E-state index contributed by atoms with van der Waals surface area (Å²) in [6, 6.07) is 10.5. The number of anilines is 1. The summed E-state index contributed by atoms with van der Waals surface area (Å²) in [6.45, 7) is 3.00. The normalized spacial score (nSPS) is 14.8. The lowest BCUT2D eigenvalue weighted by Gasteiger charge is -2.26. The van der Waals surface area contributed by atoms with Gasteiger partial charge in [0, 0.05) is 24.7 Å². The van der Waals surface area contributed by atoms with Gasteiger partial charge in [-0.1, -0.05) is 0 Å². The Hall–Kier alpha value is -2.80. The Morgan fingerprint density at radius 3 is 2.67 bits per heavy atom. The summed E-state index contributed by atoms with van der Waals surface area (Å²) in [7, 11) is 1.58. The van der Waals surface area contributed by atoms with Gasteiger partial charge in [0.2, 0.25) is 0 Å². The molecule has 0 unspecified atom stereocenters. The Bertz CT molecular complexity index is 703. The highest BCUT2D eigenvalue weighted by Gasteiger charge is 2.14. The number of furan rings is 1. The summed E-state index contributed by atoms with van der Waals surface area (Å²) in [5.41, 5.74) is 2.97. The van der Waals surface area contributed by atoms with Crippen LogP contribution in [0.1, 0.15) is 16.1 Å². The summed E-state index contributed by atoms with van der Waals surface area (Å²) >= 11 is 0. The number of carbonyl (C=O) groups is 1. The lowest BCUT2D eigenvalue weighted by atomic mass is 10.2. The van der Waals surface area contributed by atoms with Crippen molar-refractivity contribution in [1.82, 2.24) is 5.43 Å². The van der Waals surface area contributed by atoms with Gasteiger partial charge in [0.1, 0.15) is 11.5 Å². The van der Waals surface area contributed by atoms with Crippen molar-refractivity contribution in [2.75, 3.05) is 38.3 Å². The topological polar surface area (TPSA) is 76.3 Å². The third-order valence-corrected chi connectivity index (χ3v) is 3.65. The summed E-state index contributed by atoms with van der Waals surface area (Å²) < 4.78 is 16.1. The molecule has 0 atom stereocenters. The maximum Gasteiger partial charge on any atom is 0.271 e. The zero-order valence-corrected chi connectivity index (χ0v) is 13.4. The van der Waals surface area contributed by atoms with Crippen LogP contribution < -0.4 is 15.1 Å². The van der Waals surface area contributed by atoms with Crippen molar-refractivity contribution < 1.29 is 18.7 Å². The van der Waals surface area contributed by atoms with E-state index in [9.17, 15) is 4.79 Å². The molecule has 2 aromatic rings. The standard InChI is InChI=1S/C17H19N3O4/c1-22-14-4-2-13(3-5-14)17(21)19-18-12-15-6-7-16(24-15)20-8-10-23-11-9-20/h2-7,12H,8-11H2,1H3,(H,19,21)/b18-12-. The van der Waals surface area contributed by atoms with E-state index in [4.69, 9.17) is 13.9 Å². The van der Waals surface area contributed by atoms with Crippen LogP contribution in [-0.2, 0) is 4.74 Å². The van der Waals surface area contributed by atoms with Crippen LogP contribution in [0.2, 0.25) is 0 Å². The Kier molecular flexibility index (Phi) is 5.12. The van der Waals surface area contributed by atoms with Gasteiger partial charge in [0.15, 0.2) is 5.88 Å². The molecule has 2 heterocycles. The number of rotatable bonds is 5. The highest BCUT2D eigenvalue weighted by molar-refractivity contribution is 5.94. The molecule has 0 bridgehead atoms. The zero-order chi connectivity index (χ0) is 16.8. The number of methoxy groups -OCH3 is 1. The molecule has 1 amide bonds. The number of hydrazone groups is 1. The van der Waals surface area contributed by atoms with Crippen LogP contribution in [0.3, 0.4) is 0 Å². The maximum absolute atomic E-state index is 12.0. The minimum Gasteiger partial charge on any atom is -0.497 e. The number of nitrogens with one attached hydrogen (secondary N) is 1. The van der Waals surface area contributed by atoms with Crippen LogP contribution in [0.15, 0.2) is 45.9 Å². The first-order valence-corrected chi connectivity index (χ1v) is 7.66. The van der Waals surface area contributed by atoms with Gasteiger partial charge >= 0.3 is 0 Å². The Morgan fingerprint density at radius 1 is 1.21 bits per heavy atom. The van der Waals surface area contributed by atoms with Gasteiger partial charge in [-0.3, -0.25) is 4.79 Å². The van der Waals surface area contributed by atoms with Crippen LogP contribution in [0, 0.1) is 0 Å². The first-order chi connectivity index (χ1) is 11.8. The second-order valence-electron chi connectivity index (χ2n) is 5.20. The average molecular weight is 329 g/mol. The number of benzene rings is 1. The van der Waals surface area contributed by atoms with E-state index in [1.54, 1.807) is 31.4 Å². The minimum atomic E-state index is -0.297. The van der Waals surface area contributed by atoms with Crippen molar-refractivity contribution in [3.8, 4) is 5.75 Å². The van der Waals surface area contributed by atoms with Gasteiger partial charge < -0.3 is 18.8 Å². The van der Waals surface area contributed by atoms with Gasteiger partial charge in [0.25, 0.3) is 5.91 Å². The summed E-state index contributed by atoms with van der Waals surface area (Å²) in [4.78, 5) is 14.1. The van der Waals surface area contributed by atoms with Crippen LogP contribution >= 0.6 is 0 Å². The predicted octanol–water partition coefficient (Wildman–Crippen LogP) is 1.89. The molecule has 0 spiro atoms. The highest BCUT2D eigenvalue weighted by atomic mass is 16.5. The molecule has 1 aromatic carbocycles. The third kappa shape index (κ3) is 3.94. The van der Waals surface area contributed by atoms with Crippen molar-refractivity contribution in [2.45, 2.75) is 0 Å². The van der Waals surface area contributed by atoms with E-state index in [-0.39, 0.29) is 5.91 Å². The fourth-order valence-electron chi connectivity index (χ4n) is 2.33. The quantitative estimate of drug-likeness (QED) is 0.670. The summed E-state index contributed by atoms with van der Waals surface area (Å²) in [5.74, 6) is 1.75. The zero-order valence-electron chi connectivity index (χ0n) is 13.4. The lowest BCUT2D eigenvalue weighted by molar-refractivity contribution is 0.0955. The monoisotopic (exact) mass is 329 g/mol. The van der Waals surface area contributed by atoms with Crippen molar-refractivity contribution >= 4 is 18.0 Å². The molecular formula is C17H19N3O4. The van der Waals surface area contributed by atoms with Gasteiger partial charge in [-0.05, 0) is 30.3 Å². The number of hydrogen-bond acceptors (Lipinski definition) is 6. The smallest absolute Gasteiger partial charge is 0.271 e. The second kappa shape index (κ2) is 7.65. The third-order valence-electron chi connectivity index (χ3n) is 3.65. The molecule has 1 N–H and O–H groups in total. The van der Waals surface area contributed by atoms with Gasteiger partial charge in [-0.15, -0.1) is 0 Å². The molecule has 126 valence electrons. The van der Waals surface area contributed by atoms with E-state index in [0.717, 1.165) is 19.0 Å². The van der Waals surface area contributed by atoms with Crippen LogP contribution in [-0.4, -0.2) is 45.5 Å². The number of amides is 1. The number of morpholine rings is 1. The molecule has 0 radical (unpaired) electrons. The van der Waals surface area contributed by atoms with E-state index in [1.807, 2.05) is 12.1 Å². The number of hydrogen-bond donors (Lipinski definition) is 1. The Balaban J connectivity index is 1.55. The fourth-order valence-corrected chi connectivity index (χ4v) is 2.33. The molecule has 1 fully saturated rings. The Labute approximate surface area is 139 Å². The molecule has 0 saturated carbocycles. The Morgan fingerprint density at radius 2 is 1.96 bits per heavy atom.